The number of aromatic nitrogens is 2. The summed E-state index contributed by atoms with van der Waals surface area (Å²) in [7, 11) is 1.64. The van der Waals surface area contributed by atoms with Gasteiger partial charge in [-0.05, 0) is 58.9 Å². The molecule has 1 unspecified atom stereocenters. The van der Waals surface area contributed by atoms with Crippen LogP contribution in [0.4, 0.5) is 22.2 Å². The van der Waals surface area contributed by atoms with Crippen LogP contribution in [0.2, 0.25) is 0 Å². The van der Waals surface area contributed by atoms with E-state index in [9.17, 15) is 4.79 Å². The maximum absolute atomic E-state index is 13.1. The minimum atomic E-state index is -0.401. The molecule has 0 saturated carbocycles. The molecule has 2 amide bonds. The molecule has 1 aromatic carbocycles. The molecule has 1 heterocycles. The predicted molar refractivity (Wildman–Crippen MR) is 115 cm³/mol. The first-order valence-electron chi connectivity index (χ1n) is 9.67. The van der Waals surface area contributed by atoms with Gasteiger partial charge in [0.05, 0.1) is 18.9 Å². The van der Waals surface area contributed by atoms with Crippen molar-refractivity contribution in [3.05, 3.63) is 36.5 Å². The van der Waals surface area contributed by atoms with Gasteiger partial charge in [-0.25, -0.2) is 14.7 Å². The Bertz CT molecular complexity index is 790. The monoisotopic (exact) mass is 401 g/mol. The molecule has 0 saturated heterocycles. The van der Waals surface area contributed by atoms with Gasteiger partial charge in [-0.3, -0.25) is 0 Å². The topological polar surface area (TPSA) is 88.6 Å². The van der Waals surface area contributed by atoms with Crippen LogP contribution in [0.25, 0.3) is 0 Å². The molecule has 0 aliphatic heterocycles. The van der Waals surface area contributed by atoms with Crippen molar-refractivity contribution in [2.75, 3.05) is 30.5 Å². The van der Waals surface area contributed by atoms with E-state index in [-0.39, 0.29) is 12.1 Å². The zero-order chi connectivity index (χ0) is 21.4. The quantitative estimate of drug-likeness (QED) is 0.696. The fourth-order valence-electron chi connectivity index (χ4n) is 2.64. The van der Waals surface area contributed by atoms with Crippen LogP contribution in [0.3, 0.4) is 0 Å². The number of rotatable bonds is 8. The van der Waals surface area contributed by atoms with Crippen molar-refractivity contribution < 1.29 is 14.3 Å². The van der Waals surface area contributed by atoms with Crippen molar-refractivity contribution in [3.63, 3.8) is 0 Å². The minimum absolute atomic E-state index is 0.0255. The molecule has 0 aliphatic carbocycles. The maximum Gasteiger partial charge on any atom is 0.328 e. The molecular weight excluding hydrogens is 370 g/mol. The number of amides is 2. The highest BCUT2D eigenvalue weighted by Crippen LogP contribution is 2.27. The summed E-state index contributed by atoms with van der Waals surface area (Å²) in [5, 5.41) is 6.17. The predicted octanol–water partition coefficient (Wildman–Crippen LogP) is 3.97. The molecule has 2 N–H and O–H groups in total. The fourth-order valence-corrected chi connectivity index (χ4v) is 2.64. The average Bonchev–Trinajstić information content (AvgIpc) is 2.62. The first-order chi connectivity index (χ1) is 13.7. The molecule has 0 aliphatic rings. The van der Waals surface area contributed by atoms with Crippen LogP contribution in [0, 0.1) is 0 Å². The van der Waals surface area contributed by atoms with Crippen molar-refractivity contribution in [2.24, 2.45) is 0 Å². The van der Waals surface area contributed by atoms with E-state index >= 15 is 0 Å². The van der Waals surface area contributed by atoms with Gasteiger partial charge in [0.15, 0.2) is 0 Å². The number of hydrogen-bond acceptors (Lipinski definition) is 6. The Morgan fingerprint density at radius 1 is 1.21 bits per heavy atom. The number of carbonyl (C=O) groups is 1. The summed E-state index contributed by atoms with van der Waals surface area (Å²) >= 11 is 0. The SMILES string of the molecule is CCOc1ccc(N(C(=O)NC(C)(C)C)c2ccnc(NC(C)COC)n2)cc1. The Morgan fingerprint density at radius 3 is 2.48 bits per heavy atom. The van der Waals surface area contributed by atoms with Gasteiger partial charge in [0, 0.05) is 31.0 Å². The summed E-state index contributed by atoms with van der Waals surface area (Å²) in [4.78, 5) is 23.4. The van der Waals surface area contributed by atoms with Gasteiger partial charge in [-0.1, -0.05) is 0 Å². The average molecular weight is 402 g/mol. The van der Waals surface area contributed by atoms with Crippen LogP contribution in [0.5, 0.6) is 5.75 Å². The van der Waals surface area contributed by atoms with Crippen LogP contribution in [-0.4, -0.2) is 47.9 Å². The van der Waals surface area contributed by atoms with Crippen LogP contribution >= 0.6 is 0 Å². The van der Waals surface area contributed by atoms with E-state index < -0.39 is 5.54 Å². The standard InChI is InChI=1S/C21H31N5O3/c1-7-29-17-10-8-16(9-11-17)26(20(27)25-21(3,4)5)18-12-13-22-19(24-18)23-15(2)14-28-6/h8-13,15H,7,14H2,1-6H3,(H,25,27)(H,22,23,24). The summed E-state index contributed by atoms with van der Waals surface area (Å²) < 4.78 is 10.6. The fraction of sp³-hybridized carbons (Fsp3) is 0.476. The van der Waals surface area contributed by atoms with E-state index in [4.69, 9.17) is 9.47 Å². The zero-order valence-corrected chi connectivity index (χ0v) is 18.0. The Balaban J connectivity index is 2.38. The number of benzene rings is 1. The molecule has 1 atom stereocenters. The minimum Gasteiger partial charge on any atom is -0.494 e. The number of nitrogens with zero attached hydrogens (tertiary/aromatic N) is 3. The molecular formula is C21H31N5O3. The molecule has 158 valence electrons. The molecule has 2 aromatic rings. The Morgan fingerprint density at radius 2 is 1.90 bits per heavy atom. The summed E-state index contributed by atoms with van der Waals surface area (Å²) in [5.74, 6) is 1.62. The van der Waals surface area contributed by atoms with Crippen LogP contribution in [0.15, 0.2) is 36.5 Å². The van der Waals surface area contributed by atoms with Crippen LogP contribution < -0.4 is 20.3 Å². The Labute approximate surface area is 172 Å². The van der Waals surface area contributed by atoms with Crippen molar-refractivity contribution in [1.29, 1.82) is 0 Å². The molecule has 0 spiro atoms. The second kappa shape index (κ2) is 10.1. The first-order valence-corrected chi connectivity index (χ1v) is 9.67. The van der Waals surface area contributed by atoms with E-state index in [0.717, 1.165) is 5.75 Å². The summed E-state index contributed by atoms with van der Waals surface area (Å²) in [6.07, 6.45) is 1.62. The summed E-state index contributed by atoms with van der Waals surface area (Å²) in [5.41, 5.74) is 0.270. The number of methoxy groups -OCH3 is 1. The lowest BCUT2D eigenvalue weighted by molar-refractivity contribution is 0.190. The lowest BCUT2D eigenvalue weighted by Gasteiger charge is -2.28. The molecule has 8 nitrogen and oxygen atoms in total. The number of ether oxygens (including phenoxy) is 2. The first kappa shape index (κ1) is 22.4. The molecule has 1 aromatic heterocycles. The van der Waals surface area contributed by atoms with Crippen molar-refractivity contribution in [1.82, 2.24) is 15.3 Å². The third-order valence-corrected chi connectivity index (χ3v) is 3.75. The van der Waals surface area contributed by atoms with Gasteiger partial charge in [-0.15, -0.1) is 0 Å². The normalized spacial score (nSPS) is 12.2. The Kier molecular flexibility index (Phi) is 7.78. The van der Waals surface area contributed by atoms with E-state index in [1.54, 1.807) is 19.4 Å². The largest absolute Gasteiger partial charge is 0.494 e. The van der Waals surface area contributed by atoms with E-state index in [1.165, 1.54) is 4.90 Å². The van der Waals surface area contributed by atoms with Crippen molar-refractivity contribution in [3.8, 4) is 5.75 Å². The highest BCUT2D eigenvalue weighted by atomic mass is 16.5. The van der Waals surface area contributed by atoms with Crippen LogP contribution in [0.1, 0.15) is 34.6 Å². The van der Waals surface area contributed by atoms with E-state index in [1.807, 2.05) is 58.9 Å². The lowest BCUT2D eigenvalue weighted by atomic mass is 10.1. The maximum atomic E-state index is 13.1. The van der Waals surface area contributed by atoms with Gasteiger partial charge in [0.1, 0.15) is 11.6 Å². The summed E-state index contributed by atoms with van der Waals surface area (Å²) in [6.45, 7) is 10.8. The van der Waals surface area contributed by atoms with Gasteiger partial charge in [-0.2, -0.15) is 4.98 Å². The zero-order valence-electron chi connectivity index (χ0n) is 18.0. The number of carbonyl (C=O) groups excluding carboxylic acids is 1. The molecule has 0 bridgehead atoms. The number of nitrogens with one attached hydrogen (secondary N) is 2. The second-order valence-corrected chi connectivity index (χ2v) is 7.68. The third kappa shape index (κ3) is 6.90. The summed E-state index contributed by atoms with van der Waals surface area (Å²) in [6, 6.07) is 8.76. The number of hydrogen-bond donors (Lipinski definition) is 2. The van der Waals surface area contributed by atoms with E-state index in [0.29, 0.717) is 30.7 Å². The van der Waals surface area contributed by atoms with Crippen molar-refractivity contribution >= 4 is 23.5 Å². The number of anilines is 3. The van der Waals surface area contributed by atoms with E-state index in [2.05, 4.69) is 20.6 Å². The number of urea groups is 1. The molecule has 29 heavy (non-hydrogen) atoms. The molecule has 0 fully saturated rings. The van der Waals surface area contributed by atoms with Gasteiger partial charge < -0.3 is 20.1 Å². The lowest BCUT2D eigenvalue weighted by Crippen LogP contribution is -2.47. The Hall–Kier alpha value is -2.87. The van der Waals surface area contributed by atoms with Gasteiger partial charge in [0.25, 0.3) is 0 Å². The van der Waals surface area contributed by atoms with Crippen molar-refractivity contribution in [2.45, 2.75) is 46.2 Å². The van der Waals surface area contributed by atoms with Crippen LogP contribution in [-0.2, 0) is 4.74 Å². The van der Waals surface area contributed by atoms with Gasteiger partial charge >= 0.3 is 6.03 Å². The molecule has 2 rings (SSSR count). The smallest absolute Gasteiger partial charge is 0.328 e. The third-order valence-electron chi connectivity index (χ3n) is 3.75. The highest BCUT2D eigenvalue weighted by molar-refractivity contribution is 5.98. The second-order valence-electron chi connectivity index (χ2n) is 7.68. The molecule has 8 heteroatoms. The highest BCUT2D eigenvalue weighted by Gasteiger charge is 2.24. The molecule has 0 radical (unpaired) electrons. The van der Waals surface area contributed by atoms with Gasteiger partial charge in [0.2, 0.25) is 5.95 Å².